The molecular weight excluding hydrogens is 268 g/mol. The van der Waals surface area contributed by atoms with Gasteiger partial charge in [0.05, 0.1) is 11.2 Å². The topological polar surface area (TPSA) is 100 Å². The highest BCUT2D eigenvalue weighted by molar-refractivity contribution is 6.01. The van der Waals surface area contributed by atoms with Crippen molar-refractivity contribution in [3.63, 3.8) is 0 Å². The molecule has 0 aliphatic carbocycles. The van der Waals surface area contributed by atoms with Crippen molar-refractivity contribution in [2.75, 3.05) is 5.73 Å². The van der Waals surface area contributed by atoms with Gasteiger partial charge in [0.2, 0.25) is 0 Å². The van der Waals surface area contributed by atoms with Crippen molar-refractivity contribution in [2.45, 2.75) is 0 Å². The molecule has 0 bridgehead atoms. The van der Waals surface area contributed by atoms with Crippen molar-refractivity contribution in [2.24, 2.45) is 0 Å². The van der Waals surface area contributed by atoms with Crippen LogP contribution in [-0.4, -0.2) is 16.1 Å². The largest absolute Gasteiger partial charge is 0.477 e. The molecule has 0 saturated heterocycles. The zero-order chi connectivity index (χ0) is 14.9. The molecule has 0 saturated carbocycles. The number of pyridine rings is 1. The van der Waals surface area contributed by atoms with Crippen LogP contribution >= 0.6 is 0 Å². The molecule has 0 fully saturated rings. The third-order valence-electron chi connectivity index (χ3n) is 2.62. The van der Waals surface area contributed by atoms with E-state index >= 15 is 0 Å². The van der Waals surface area contributed by atoms with Gasteiger partial charge >= 0.3 is 5.97 Å². The maximum Gasteiger partial charge on any atom is 0.346 e. The van der Waals surface area contributed by atoms with Gasteiger partial charge in [-0.2, -0.15) is 5.26 Å². The van der Waals surface area contributed by atoms with Gasteiger partial charge < -0.3 is 10.8 Å². The van der Waals surface area contributed by atoms with Gasteiger partial charge in [0.1, 0.15) is 11.6 Å². The van der Waals surface area contributed by atoms with Crippen molar-refractivity contribution in [1.29, 1.82) is 5.26 Å². The molecule has 20 heavy (non-hydrogen) atoms. The van der Waals surface area contributed by atoms with Crippen molar-refractivity contribution in [3.05, 3.63) is 41.1 Å². The minimum absolute atomic E-state index is 0.000304. The van der Waals surface area contributed by atoms with Crippen LogP contribution in [0.4, 0.5) is 14.5 Å². The summed E-state index contributed by atoms with van der Waals surface area (Å²) in [7, 11) is 0. The number of carbonyl (C=O) groups is 1. The number of carboxylic acid groups (broad SMARTS) is 1. The first-order valence-corrected chi connectivity index (χ1v) is 5.33. The monoisotopic (exact) mass is 275 g/mol. The Morgan fingerprint density at radius 1 is 1.50 bits per heavy atom. The van der Waals surface area contributed by atoms with Crippen molar-refractivity contribution < 1.29 is 18.7 Å². The molecule has 0 radical (unpaired) electrons. The molecule has 0 atom stereocenters. The van der Waals surface area contributed by atoms with E-state index in [1.54, 1.807) is 0 Å². The number of hydrogen-bond acceptors (Lipinski definition) is 4. The molecule has 100 valence electrons. The number of anilines is 1. The molecule has 1 heterocycles. The predicted octanol–water partition coefficient (Wildman–Crippen LogP) is 2.09. The number of halogens is 2. The highest BCUT2D eigenvalue weighted by atomic mass is 19.2. The highest BCUT2D eigenvalue weighted by Crippen LogP contribution is 2.28. The summed E-state index contributed by atoms with van der Waals surface area (Å²) >= 11 is 0. The van der Waals surface area contributed by atoms with Crippen LogP contribution in [0.1, 0.15) is 5.56 Å². The Morgan fingerprint density at radius 3 is 2.80 bits per heavy atom. The van der Waals surface area contributed by atoms with Crippen LogP contribution in [0.5, 0.6) is 0 Å². The standard InChI is InChI=1S/C13H7F2N3O2/c14-8-4-9(17)12-10(11(8)15)6(1-2-18-12)3-7(5-16)13(19)20/h1-4H,17H2,(H,19,20). The van der Waals surface area contributed by atoms with Crippen LogP contribution in [0.15, 0.2) is 23.9 Å². The Balaban J connectivity index is 2.86. The van der Waals surface area contributed by atoms with Gasteiger partial charge in [0, 0.05) is 17.6 Å². The fourth-order valence-electron chi connectivity index (χ4n) is 1.73. The second kappa shape index (κ2) is 4.93. The van der Waals surface area contributed by atoms with Crippen LogP contribution in [0.25, 0.3) is 17.0 Å². The zero-order valence-corrected chi connectivity index (χ0v) is 9.89. The number of nitrogens with two attached hydrogens (primary N) is 1. The van der Waals surface area contributed by atoms with E-state index in [1.807, 2.05) is 0 Å². The average Bonchev–Trinajstić information content (AvgIpc) is 2.41. The van der Waals surface area contributed by atoms with Gasteiger partial charge in [-0.3, -0.25) is 4.98 Å². The number of rotatable bonds is 2. The van der Waals surface area contributed by atoms with Crippen molar-refractivity contribution in [3.8, 4) is 6.07 Å². The first-order valence-electron chi connectivity index (χ1n) is 5.33. The number of hydrogen-bond donors (Lipinski definition) is 2. The molecular formula is C13H7F2N3O2. The summed E-state index contributed by atoms with van der Waals surface area (Å²) < 4.78 is 27.2. The first-order chi connectivity index (χ1) is 9.45. The third-order valence-corrected chi connectivity index (χ3v) is 2.62. The van der Waals surface area contributed by atoms with E-state index in [2.05, 4.69) is 4.98 Å². The number of nitrogens with zero attached hydrogens (tertiary/aromatic N) is 2. The lowest BCUT2D eigenvalue weighted by Gasteiger charge is -2.07. The zero-order valence-electron chi connectivity index (χ0n) is 9.89. The van der Waals surface area contributed by atoms with E-state index in [9.17, 15) is 13.6 Å². The van der Waals surface area contributed by atoms with E-state index in [0.29, 0.717) is 0 Å². The molecule has 1 aromatic carbocycles. The molecule has 0 aliphatic rings. The number of benzene rings is 1. The summed E-state index contributed by atoms with van der Waals surface area (Å²) in [5.74, 6) is -3.84. The lowest BCUT2D eigenvalue weighted by atomic mass is 10.0. The molecule has 2 rings (SSSR count). The Morgan fingerprint density at radius 2 is 2.20 bits per heavy atom. The summed E-state index contributed by atoms with van der Waals surface area (Å²) in [6.45, 7) is 0. The number of aromatic nitrogens is 1. The van der Waals surface area contributed by atoms with E-state index in [1.165, 1.54) is 18.3 Å². The Labute approximate surface area is 111 Å². The normalized spacial score (nSPS) is 11.3. The lowest BCUT2D eigenvalue weighted by Crippen LogP contribution is -2.00. The van der Waals surface area contributed by atoms with Gasteiger partial charge in [-0.1, -0.05) is 0 Å². The quantitative estimate of drug-likeness (QED) is 0.496. The minimum atomic E-state index is -1.47. The van der Waals surface area contributed by atoms with Crippen LogP contribution < -0.4 is 5.73 Å². The number of nitrogen functional groups attached to an aromatic ring is 1. The predicted molar refractivity (Wildman–Crippen MR) is 67.3 cm³/mol. The second-order valence-corrected chi connectivity index (χ2v) is 3.86. The molecule has 2 aromatic rings. The van der Waals surface area contributed by atoms with Gasteiger partial charge in [-0.15, -0.1) is 0 Å². The number of aliphatic carboxylic acids is 1. The smallest absolute Gasteiger partial charge is 0.346 e. The van der Waals surface area contributed by atoms with Gasteiger partial charge in [-0.25, -0.2) is 13.6 Å². The molecule has 1 aromatic heterocycles. The Kier molecular flexibility index (Phi) is 3.31. The Hall–Kier alpha value is -3.01. The van der Waals surface area contributed by atoms with Gasteiger partial charge in [0.25, 0.3) is 0 Å². The molecule has 0 unspecified atom stereocenters. The number of fused-ring (bicyclic) bond motifs is 1. The van der Waals surface area contributed by atoms with Crippen LogP contribution in [0, 0.1) is 23.0 Å². The fourth-order valence-corrected chi connectivity index (χ4v) is 1.73. The molecule has 5 nitrogen and oxygen atoms in total. The summed E-state index contributed by atoms with van der Waals surface area (Å²) in [5, 5.41) is 17.2. The van der Waals surface area contributed by atoms with E-state index in [4.69, 9.17) is 16.1 Å². The second-order valence-electron chi connectivity index (χ2n) is 3.86. The third kappa shape index (κ3) is 2.14. The molecule has 7 heteroatoms. The van der Waals surface area contributed by atoms with Crippen LogP contribution in [0.3, 0.4) is 0 Å². The molecule has 0 aliphatic heterocycles. The lowest BCUT2D eigenvalue weighted by molar-refractivity contribution is -0.132. The summed E-state index contributed by atoms with van der Waals surface area (Å²) in [5.41, 5.74) is 4.87. The molecule has 3 N–H and O–H groups in total. The van der Waals surface area contributed by atoms with E-state index in [0.717, 1.165) is 12.1 Å². The maximum atomic E-state index is 13.9. The molecule has 0 amide bonds. The first kappa shape index (κ1) is 13.4. The minimum Gasteiger partial charge on any atom is -0.477 e. The SMILES string of the molecule is N#CC(=Cc1ccnc2c(N)cc(F)c(F)c12)C(=O)O. The summed E-state index contributed by atoms with van der Waals surface area (Å²) in [6.07, 6.45) is 2.20. The molecule has 0 spiro atoms. The van der Waals surface area contributed by atoms with Crippen molar-refractivity contribution in [1.82, 2.24) is 4.98 Å². The van der Waals surface area contributed by atoms with Gasteiger partial charge in [0.15, 0.2) is 11.6 Å². The fraction of sp³-hybridized carbons (Fsp3) is 0. The maximum absolute atomic E-state index is 13.9. The highest BCUT2D eigenvalue weighted by Gasteiger charge is 2.15. The number of nitriles is 1. The van der Waals surface area contributed by atoms with Crippen molar-refractivity contribution >= 4 is 28.6 Å². The number of carboxylic acids is 1. The average molecular weight is 275 g/mol. The van der Waals surface area contributed by atoms with Crippen LogP contribution in [-0.2, 0) is 4.79 Å². The van der Waals surface area contributed by atoms with E-state index < -0.39 is 23.2 Å². The van der Waals surface area contributed by atoms with Gasteiger partial charge in [-0.05, 0) is 17.7 Å². The van der Waals surface area contributed by atoms with E-state index in [-0.39, 0.29) is 22.2 Å². The van der Waals surface area contributed by atoms with Crippen LogP contribution in [0.2, 0.25) is 0 Å². The summed E-state index contributed by atoms with van der Waals surface area (Å²) in [6, 6.07) is 3.52. The summed E-state index contributed by atoms with van der Waals surface area (Å²) in [4.78, 5) is 14.6. The Bertz CT molecular complexity index is 794.